The number of methoxy groups -OCH3 is 1. The van der Waals surface area contributed by atoms with E-state index in [-0.39, 0.29) is 31.4 Å². The Bertz CT molecular complexity index is 1560. The second kappa shape index (κ2) is 14.5. The summed E-state index contributed by atoms with van der Waals surface area (Å²) in [5.74, 6) is 0.622. The minimum Gasteiger partial charge on any atom is -0.496 e. The van der Waals surface area contributed by atoms with Gasteiger partial charge in [0.15, 0.2) is 5.82 Å². The van der Waals surface area contributed by atoms with Gasteiger partial charge in [-0.25, -0.2) is 9.37 Å². The van der Waals surface area contributed by atoms with Gasteiger partial charge in [-0.2, -0.15) is 4.98 Å². The van der Waals surface area contributed by atoms with Crippen molar-refractivity contribution in [3.8, 4) is 5.75 Å². The molecule has 2 aromatic heterocycles. The van der Waals surface area contributed by atoms with E-state index in [1.165, 1.54) is 12.2 Å². The molecule has 1 saturated heterocycles. The van der Waals surface area contributed by atoms with Crippen LogP contribution < -0.4 is 15.8 Å². The Balaban J connectivity index is 1.23. The first kappa shape index (κ1) is 31.9. The van der Waals surface area contributed by atoms with Crippen LogP contribution in [-0.2, 0) is 27.5 Å². The molecule has 2 aliphatic rings. The number of nitrogen functional groups attached to an aromatic ring is 1. The summed E-state index contributed by atoms with van der Waals surface area (Å²) in [6, 6.07) is 7.48. The van der Waals surface area contributed by atoms with Crippen LogP contribution in [0.2, 0.25) is 0 Å². The third-order valence-electron chi connectivity index (χ3n) is 8.36. The average Bonchev–Trinajstić information content (AvgIpc) is 3.59. The first-order chi connectivity index (χ1) is 21.8. The number of anilines is 2. The highest BCUT2D eigenvalue weighted by atomic mass is 19.1. The second-order valence-corrected chi connectivity index (χ2v) is 11.4. The number of nitrogens with one attached hydrogen (secondary N) is 1. The molecule has 1 aromatic carbocycles. The summed E-state index contributed by atoms with van der Waals surface area (Å²) in [5, 5.41) is 3.43. The number of nitrogens with zero attached hydrogens (tertiary/aromatic N) is 6. The lowest BCUT2D eigenvalue weighted by Gasteiger charge is -2.40. The molecule has 3 N–H and O–H groups in total. The second-order valence-electron chi connectivity index (χ2n) is 11.4. The van der Waals surface area contributed by atoms with E-state index in [1.807, 2.05) is 35.4 Å². The van der Waals surface area contributed by atoms with Crippen LogP contribution in [-0.4, -0.2) is 99.5 Å². The van der Waals surface area contributed by atoms with E-state index < -0.39 is 24.5 Å². The van der Waals surface area contributed by atoms with E-state index in [1.54, 1.807) is 12.0 Å². The molecule has 0 saturated carbocycles. The molecule has 0 spiro atoms. The number of halogens is 1. The number of hydrogen-bond donors (Lipinski definition) is 2. The molecule has 12 nitrogen and oxygen atoms in total. The van der Waals surface area contributed by atoms with Crippen molar-refractivity contribution in [2.75, 3.05) is 57.6 Å². The van der Waals surface area contributed by atoms with E-state index in [2.05, 4.69) is 26.8 Å². The number of unbranched alkanes of at least 4 members (excludes halogenated alkanes) is 2. The molecule has 0 unspecified atom stereocenters. The van der Waals surface area contributed by atoms with E-state index in [0.29, 0.717) is 37.7 Å². The molecule has 0 aliphatic carbocycles. The summed E-state index contributed by atoms with van der Waals surface area (Å²) in [7, 11) is 1.63. The highest BCUT2D eigenvalue weighted by Crippen LogP contribution is 2.28. The molecule has 3 aromatic rings. The van der Waals surface area contributed by atoms with Gasteiger partial charge in [0.1, 0.15) is 17.9 Å². The zero-order valence-corrected chi connectivity index (χ0v) is 25.9. The van der Waals surface area contributed by atoms with Crippen LogP contribution in [0, 0.1) is 0 Å². The van der Waals surface area contributed by atoms with E-state index in [0.717, 1.165) is 52.9 Å². The zero-order chi connectivity index (χ0) is 31.9. The first-order valence-electron chi connectivity index (χ1n) is 15.4. The maximum atomic E-state index is 14.2. The van der Waals surface area contributed by atoms with Gasteiger partial charge in [-0.05, 0) is 24.1 Å². The number of amides is 3. The molecule has 1 atom stereocenters. The quantitative estimate of drug-likeness (QED) is 0.206. The Morgan fingerprint density at radius 3 is 2.64 bits per heavy atom. The Kier molecular flexibility index (Phi) is 10.3. The lowest BCUT2D eigenvalue weighted by molar-refractivity contribution is -0.139. The predicted molar refractivity (Wildman–Crippen MR) is 169 cm³/mol. The maximum absolute atomic E-state index is 14.2. The summed E-state index contributed by atoms with van der Waals surface area (Å²) in [6.07, 6.45) is 7.67. The zero-order valence-electron chi connectivity index (χ0n) is 25.9. The van der Waals surface area contributed by atoms with Crippen LogP contribution in [0.5, 0.6) is 5.75 Å². The molecule has 0 radical (unpaired) electrons. The summed E-state index contributed by atoms with van der Waals surface area (Å²) in [5.41, 5.74) is 9.56. The van der Waals surface area contributed by atoms with Crippen LogP contribution in [0.1, 0.15) is 43.7 Å². The van der Waals surface area contributed by atoms with Crippen molar-refractivity contribution in [3.05, 3.63) is 53.7 Å². The number of aromatic nitrogens is 3. The predicted octanol–water partition coefficient (Wildman–Crippen LogP) is 2.97. The van der Waals surface area contributed by atoms with Crippen molar-refractivity contribution >= 4 is 40.5 Å². The number of fused-ring (bicyclic) bond motifs is 1. The minimum atomic E-state index is -0.603. The van der Waals surface area contributed by atoms with Gasteiger partial charge in [0.05, 0.1) is 25.2 Å². The van der Waals surface area contributed by atoms with Gasteiger partial charge in [0.25, 0.3) is 11.8 Å². The maximum Gasteiger partial charge on any atom is 0.253 e. The van der Waals surface area contributed by atoms with Crippen LogP contribution in [0.15, 0.2) is 42.6 Å². The third kappa shape index (κ3) is 7.42. The van der Waals surface area contributed by atoms with Crippen LogP contribution in [0.25, 0.3) is 11.0 Å². The Hall–Kier alpha value is -4.52. The molecule has 1 fully saturated rings. The summed E-state index contributed by atoms with van der Waals surface area (Å²) >= 11 is 0. The number of carbonyl (C=O) groups excluding carboxylic acids is 3. The number of nitrogens with two attached hydrogens (primary N) is 1. The van der Waals surface area contributed by atoms with Crippen molar-refractivity contribution < 1.29 is 23.5 Å². The average molecular weight is 621 g/mol. The van der Waals surface area contributed by atoms with Gasteiger partial charge in [-0.15, -0.1) is 0 Å². The van der Waals surface area contributed by atoms with Gasteiger partial charge in [-0.1, -0.05) is 31.9 Å². The molecular weight excluding hydrogens is 579 g/mol. The highest BCUT2D eigenvalue weighted by molar-refractivity contribution is 6.13. The Morgan fingerprint density at radius 2 is 1.91 bits per heavy atom. The van der Waals surface area contributed by atoms with Gasteiger partial charge >= 0.3 is 0 Å². The Labute approximate surface area is 262 Å². The van der Waals surface area contributed by atoms with Crippen LogP contribution >= 0.6 is 0 Å². The van der Waals surface area contributed by atoms with Crippen molar-refractivity contribution in [2.45, 2.75) is 51.7 Å². The molecule has 3 amide bonds. The SMILES string of the molecule is CCCCCNc1nc(N)nc2ccn(Cc3ccc(CN4CCN(C(=O)CCN5C(=O)C=CC5=O)C[C@@H]4CF)cc3OC)c12. The molecule has 2 aliphatic heterocycles. The number of alkyl halides is 1. The topological polar surface area (TPSA) is 139 Å². The van der Waals surface area contributed by atoms with Gasteiger partial charge in [0.2, 0.25) is 11.9 Å². The number of imide groups is 1. The number of rotatable bonds is 14. The number of hydrogen-bond acceptors (Lipinski definition) is 9. The normalized spacial score (nSPS) is 17.1. The van der Waals surface area contributed by atoms with Crippen molar-refractivity contribution in [1.29, 1.82) is 0 Å². The van der Waals surface area contributed by atoms with Gasteiger partial charge in [0, 0.05) is 69.6 Å². The number of ether oxygens (including phenoxy) is 1. The molecular formula is C32H41FN8O4. The Morgan fingerprint density at radius 1 is 1.11 bits per heavy atom. The van der Waals surface area contributed by atoms with Crippen molar-refractivity contribution in [2.24, 2.45) is 0 Å². The third-order valence-corrected chi connectivity index (χ3v) is 8.36. The molecule has 240 valence electrons. The summed E-state index contributed by atoms with van der Waals surface area (Å²) < 4.78 is 22.0. The lowest BCUT2D eigenvalue weighted by Crippen LogP contribution is -2.55. The molecule has 45 heavy (non-hydrogen) atoms. The number of piperazine rings is 1. The molecule has 0 bridgehead atoms. The smallest absolute Gasteiger partial charge is 0.253 e. The van der Waals surface area contributed by atoms with Crippen molar-refractivity contribution in [1.82, 2.24) is 29.2 Å². The standard InChI is InChI=1S/C32H41FN8O4/c1-3-4-5-12-35-31-30-25(36-32(34)37-31)10-13-40(30)20-23-7-6-22(17-26(23)45-2)19-38-15-16-39(21-24(38)18-33)27(42)11-14-41-28(43)8-9-29(41)44/h6-10,13,17,24H,3-5,11-12,14-16,18-21H2,1-2H3,(H3,34,35,36,37)/t24-/m0/s1. The fourth-order valence-corrected chi connectivity index (χ4v) is 5.89. The largest absolute Gasteiger partial charge is 0.496 e. The van der Waals surface area contributed by atoms with Gasteiger partial charge in [-0.3, -0.25) is 24.2 Å². The fraction of sp³-hybridized carbons (Fsp3) is 0.469. The monoisotopic (exact) mass is 620 g/mol. The van der Waals surface area contributed by atoms with Crippen molar-refractivity contribution in [3.63, 3.8) is 0 Å². The number of carbonyl (C=O) groups is 3. The molecule has 13 heteroatoms. The van der Waals surface area contributed by atoms with Crippen LogP contribution in [0.3, 0.4) is 0 Å². The minimum absolute atomic E-state index is 0.0173. The summed E-state index contributed by atoms with van der Waals surface area (Å²) in [6.45, 7) is 4.59. The summed E-state index contributed by atoms with van der Waals surface area (Å²) in [4.78, 5) is 50.0. The van der Waals surface area contributed by atoms with E-state index in [9.17, 15) is 18.8 Å². The fourth-order valence-electron chi connectivity index (χ4n) is 5.89. The van der Waals surface area contributed by atoms with Crippen LogP contribution in [0.4, 0.5) is 16.2 Å². The first-order valence-corrected chi connectivity index (χ1v) is 15.4. The van der Waals surface area contributed by atoms with E-state index >= 15 is 0 Å². The van der Waals surface area contributed by atoms with E-state index in [4.69, 9.17) is 10.5 Å². The molecule has 4 heterocycles. The molecule has 5 rings (SSSR count). The highest BCUT2D eigenvalue weighted by Gasteiger charge is 2.31. The lowest BCUT2D eigenvalue weighted by atomic mass is 10.1. The van der Waals surface area contributed by atoms with Gasteiger partial charge < -0.3 is 25.3 Å². The number of benzene rings is 1.